The van der Waals surface area contributed by atoms with Crippen LogP contribution in [0.3, 0.4) is 0 Å². The number of hydrogen-bond acceptors (Lipinski definition) is 3. The second kappa shape index (κ2) is 4.78. The first-order valence-corrected chi connectivity index (χ1v) is 6.78. The fourth-order valence-corrected chi connectivity index (χ4v) is 3.02. The number of oxime groups is 1. The highest BCUT2D eigenvalue weighted by Gasteiger charge is 2.51. The Morgan fingerprint density at radius 1 is 1.50 bits per heavy atom. The molecule has 3 N–H and O–H groups in total. The fourth-order valence-electron chi connectivity index (χ4n) is 3.02. The molecule has 2 fully saturated rings. The SMILES string of the molecule is CC(C)C1CCN(C(=O)C2(C(N)=NO)CCC2)C1. The number of likely N-dealkylation sites (tertiary alicyclic amines) is 1. The van der Waals surface area contributed by atoms with Gasteiger partial charge in [0.15, 0.2) is 5.84 Å². The van der Waals surface area contributed by atoms with Crippen LogP contribution in [0.4, 0.5) is 0 Å². The van der Waals surface area contributed by atoms with Crippen molar-refractivity contribution in [2.24, 2.45) is 28.1 Å². The number of amides is 1. The maximum Gasteiger partial charge on any atom is 0.236 e. The van der Waals surface area contributed by atoms with E-state index in [9.17, 15) is 4.79 Å². The van der Waals surface area contributed by atoms with Crippen LogP contribution in [0.25, 0.3) is 0 Å². The van der Waals surface area contributed by atoms with Gasteiger partial charge < -0.3 is 15.8 Å². The molecule has 1 amide bonds. The number of nitrogens with two attached hydrogens (primary N) is 1. The van der Waals surface area contributed by atoms with Crippen molar-refractivity contribution in [3.63, 3.8) is 0 Å². The van der Waals surface area contributed by atoms with Crippen molar-refractivity contribution in [2.75, 3.05) is 13.1 Å². The summed E-state index contributed by atoms with van der Waals surface area (Å²) < 4.78 is 0. The molecule has 0 aromatic heterocycles. The Hall–Kier alpha value is -1.26. The lowest BCUT2D eigenvalue weighted by Crippen LogP contribution is -2.54. The van der Waals surface area contributed by atoms with Crippen LogP contribution in [0, 0.1) is 17.3 Å². The quantitative estimate of drug-likeness (QED) is 0.345. The third-order valence-electron chi connectivity index (χ3n) is 4.67. The highest BCUT2D eigenvalue weighted by atomic mass is 16.4. The lowest BCUT2D eigenvalue weighted by molar-refractivity contribution is -0.141. The largest absolute Gasteiger partial charge is 0.409 e. The van der Waals surface area contributed by atoms with Gasteiger partial charge in [-0.2, -0.15) is 0 Å². The monoisotopic (exact) mass is 253 g/mol. The molecule has 2 aliphatic rings. The van der Waals surface area contributed by atoms with Gasteiger partial charge in [0.1, 0.15) is 5.41 Å². The molecule has 1 aliphatic heterocycles. The molecule has 5 heteroatoms. The highest BCUT2D eigenvalue weighted by Crippen LogP contribution is 2.43. The van der Waals surface area contributed by atoms with Gasteiger partial charge in [-0.3, -0.25) is 4.79 Å². The lowest BCUT2D eigenvalue weighted by Gasteiger charge is -2.41. The number of amidine groups is 1. The first-order chi connectivity index (χ1) is 8.51. The van der Waals surface area contributed by atoms with Gasteiger partial charge in [0, 0.05) is 13.1 Å². The minimum atomic E-state index is -0.708. The van der Waals surface area contributed by atoms with E-state index in [1.165, 1.54) is 0 Å². The van der Waals surface area contributed by atoms with Gasteiger partial charge in [-0.05, 0) is 31.1 Å². The standard InChI is InChI=1S/C13H23N3O2/c1-9(2)10-4-7-16(8-10)12(17)13(5-3-6-13)11(14)15-18/h9-10,18H,3-8H2,1-2H3,(H2,14,15). The molecule has 18 heavy (non-hydrogen) atoms. The summed E-state index contributed by atoms with van der Waals surface area (Å²) in [6, 6.07) is 0. The molecule has 1 aliphatic carbocycles. The second-order valence-electron chi connectivity index (χ2n) is 5.96. The Morgan fingerprint density at radius 3 is 2.56 bits per heavy atom. The van der Waals surface area contributed by atoms with Gasteiger partial charge in [0.25, 0.3) is 0 Å². The smallest absolute Gasteiger partial charge is 0.236 e. The van der Waals surface area contributed by atoms with Crippen LogP contribution in [-0.2, 0) is 4.79 Å². The maximum absolute atomic E-state index is 12.6. The fraction of sp³-hybridized carbons (Fsp3) is 0.846. The van der Waals surface area contributed by atoms with E-state index < -0.39 is 5.41 Å². The molecular weight excluding hydrogens is 230 g/mol. The van der Waals surface area contributed by atoms with Gasteiger partial charge in [-0.15, -0.1) is 0 Å². The van der Waals surface area contributed by atoms with E-state index in [1.54, 1.807) is 0 Å². The van der Waals surface area contributed by atoms with Crippen molar-refractivity contribution < 1.29 is 10.0 Å². The third-order valence-corrected chi connectivity index (χ3v) is 4.67. The minimum absolute atomic E-state index is 0.0622. The van der Waals surface area contributed by atoms with E-state index in [0.29, 0.717) is 24.7 Å². The van der Waals surface area contributed by atoms with Gasteiger partial charge in [0.05, 0.1) is 0 Å². The van der Waals surface area contributed by atoms with Crippen molar-refractivity contribution in [2.45, 2.75) is 39.5 Å². The first kappa shape index (κ1) is 13.2. The average Bonchev–Trinajstić information content (AvgIpc) is 2.76. The summed E-state index contributed by atoms with van der Waals surface area (Å²) in [6.45, 7) is 6.02. The Bertz CT molecular complexity index is 361. The molecule has 0 radical (unpaired) electrons. The zero-order chi connectivity index (χ0) is 13.3. The third kappa shape index (κ3) is 1.95. The molecule has 0 aromatic rings. The number of nitrogens with zero attached hydrogens (tertiary/aromatic N) is 2. The molecule has 0 bridgehead atoms. The molecule has 1 saturated heterocycles. The van der Waals surface area contributed by atoms with Crippen molar-refractivity contribution in [1.29, 1.82) is 0 Å². The summed E-state index contributed by atoms with van der Waals surface area (Å²) in [5.74, 6) is 1.33. The number of hydrogen-bond donors (Lipinski definition) is 2. The van der Waals surface area contributed by atoms with E-state index >= 15 is 0 Å². The van der Waals surface area contributed by atoms with E-state index in [-0.39, 0.29) is 11.7 Å². The zero-order valence-corrected chi connectivity index (χ0v) is 11.2. The normalized spacial score (nSPS) is 27.4. The topological polar surface area (TPSA) is 78.9 Å². The molecule has 1 atom stereocenters. The van der Waals surface area contributed by atoms with Crippen LogP contribution in [0.2, 0.25) is 0 Å². The summed E-state index contributed by atoms with van der Waals surface area (Å²) in [5.41, 5.74) is 5.02. The van der Waals surface area contributed by atoms with Crippen LogP contribution < -0.4 is 5.73 Å². The van der Waals surface area contributed by atoms with Crippen molar-refractivity contribution >= 4 is 11.7 Å². The summed E-state index contributed by atoms with van der Waals surface area (Å²) in [6.07, 6.45) is 3.47. The summed E-state index contributed by atoms with van der Waals surface area (Å²) >= 11 is 0. The maximum atomic E-state index is 12.6. The van der Waals surface area contributed by atoms with E-state index in [0.717, 1.165) is 25.9 Å². The Kier molecular flexibility index (Phi) is 3.50. The minimum Gasteiger partial charge on any atom is -0.409 e. The Balaban J connectivity index is 2.08. The predicted octanol–water partition coefficient (Wildman–Crippen LogP) is 1.41. The van der Waals surface area contributed by atoms with Crippen LogP contribution in [0.1, 0.15) is 39.5 Å². The van der Waals surface area contributed by atoms with Crippen LogP contribution in [-0.4, -0.2) is 34.9 Å². The molecule has 0 spiro atoms. The van der Waals surface area contributed by atoms with E-state index in [1.807, 2.05) is 4.90 Å². The summed E-state index contributed by atoms with van der Waals surface area (Å²) in [4.78, 5) is 14.5. The van der Waals surface area contributed by atoms with Crippen LogP contribution in [0.15, 0.2) is 5.16 Å². The van der Waals surface area contributed by atoms with Gasteiger partial charge in [-0.25, -0.2) is 0 Å². The number of carbonyl (C=O) groups is 1. The molecule has 2 rings (SSSR count). The van der Waals surface area contributed by atoms with Crippen molar-refractivity contribution in [3.05, 3.63) is 0 Å². The number of carbonyl (C=O) groups excluding carboxylic acids is 1. The van der Waals surface area contributed by atoms with E-state index in [4.69, 9.17) is 10.9 Å². The lowest BCUT2D eigenvalue weighted by atomic mass is 9.67. The van der Waals surface area contributed by atoms with Crippen LogP contribution in [0.5, 0.6) is 0 Å². The molecule has 1 saturated carbocycles. The summed E-state index contributed by atoms with van der Waals surface area (Å²) in [5, 5.41) is 11.9. The average molecular weight is 253 g/mol. The van der Waals surface area contributed by atoms with Gasteiger partial charge in [0.2, 0.25) is 5.91 Å². The van der Waals surface area contributed by atoms with Crippen molar-refractivity contribution in [3.8, 4) is 0 Å². The molecular formula is C13H23N3O2. The Morgan fingerprint density at radius 2 is 2.17 bits per heavy atom. The zero-order valence-electron chi connectivity index (χ0n) is 11.2. The number of rotatable bonds is 3. The Labute approximate surface area is 108 Å². The predicted molar refractivity (Wildman–Crippen MR) is 69.2 cm³/mol. The highest BCUT2D eigenvalue weighted by molar-refractivity contribution is 6.07. The van der Waals surface area contributed by atoms with Gasteiger partial charge >= 0.3 is 0 Å². The van der Waals surface area contributed by atoms with Crippen LogP contribution >= 0.6 is 0 Å². The molecule has 1 unspecified atom stereocenters. The first-order valence-electron chi connectivity index (χ1n) is 6.78. The molecule has 0 aromatic carbocycles. The molecule has 102 valence electrons. The summed E-state index contributed by atoms with van der Waals surface area (Å²) in [7, 11) is 0. The molecule has 5 nitrogen and oxygen atoms in total. The van der Waals surface area contributed by atoms with Crippen molar-refractivity contribution in [1.82, 2.24) is 4.90 Å². The second-order valence-corrected chi connectivity index (χ2v) is 5.96. The molecule has 1 heterocycles. The van der Waals surface area contributed by atoms with Gasteiger partial charge in [-0.1, -0.05) is 25.4 Å². The van der Waals surface area contributed by atoms with E-state index in [2.05, 4.69) is 19.0 Å².